The number of nitrogens with zero attached hydrogens (tertiary/aromatic N) is 2. The van der Waals surface area contributed by atoms with Crippen molar-refractivity contribution in [3.8, 4) is 0 Å². The number of carbonyl (C=O) groups is 1. The van der Waals surface area contributed by atoms with Gasteiger partial charge in [0.1, 0.15) is 17.7 Å². The van der Waals surface area contributed by atoms with Crippen LogP contribution in [0.25, 0.3) is 0 Å². The molecule has 4 saturated carbocycles. The molecule has 6 rings (SSSR count). The summed E-state index contributed by atoms with van der Waals surface area (Å²) in [6.07, 6.45) is 12.2. The second-order valence-corrected chi connectivity index (χ2v) is 19.4. The smallest absolute Gasteiger partial charge is 0.319 e. The number of rotatable bonds is 8. The van der Waals surface area contributed by atoms with Crippen molar-refractivity contribution in [3.05, 3.63) is 34.4 Å². The van der Waals surface area contributed by atoms with E-state index in [-0.39, 0.29) is 34.6 Å². The van der Waals surface area contributed by atoms with Crippen LogP contribution in [0.4, 0.5) is 0 Å². The zero-order valence-corrected chi connectivity index (χ0v) is 31.2. The Hall–Kier alpha value is -1.93. The summed E-state index contributed by atoms with van der Waals surface area (Å²) < 4.78 is 38.5. The van der Waals surface area contributed by atoms with Crippen LogP contribution < -0.4 is 0 Å². The summed E-state index contributed by atoms with van der Waals surface area (Å²) in [5, 5.41) is 4.58. The van der Waals surface area contributed by atoms with Gasteiger partial charge >= 0.3 is 5.97 Å². The van der Waals surface area contributed by atoms with Crippen LogP contribution in [0, 0.1) is 48.9 Å². The highest BCUT2D eigenvalue weighted by Crippen LogP contribution is 2.67. The van der Waals surface area contributed by atoms with E-state index in [0.29, 0.717) is 18.1 Å². The SMILES string of the molecule is Cc1cc(C)c(C2=NO[C@H](C(C)(C)C)[C@H]2C(=O)O[C@H]2C[C@@H]3CC[C@@]2(CS(=O)(=O)N(C2CCCCC2)C2CCCCC2)C3(C)C)c(C)c1. The van der Waals surface area contributed by atoms with Crippen molar-refractivity contribution in [3.63, 3.8) is 0 Å². The normalized spacial score (nSPS) is 31.6. The summed E-state index contributed by atoms with van der Waals surface area (Å²) >= 11 is 0. The number of hydrogen-bond donors (Lipinski definition) is 0. The molecule has 8 heteroatoms. The summed E-state index contributed by atoms with van der Waals surface area (Å²) in [6.45, 7) is 16.9. The van der Waals surface area contributed by atoms with E-state index in [2.05, 4.69) is 72.7 Å². The van der Waals surface area contributed by atoms with Crippen molar-refractivity contribution in [2.75, 3.05) is 5.75 Å². The van der Waals surface area contributed by atoms with E-state index in [0.717, 1.165) is 86.5 Å². The molecule has 0 radical (unpaired) electrons. The number of hydrogen-bond acceptors (Lipinski definition) is 6. The fourth-order valence-corrected chi connectivity index (χ4v) is 13.4. The number of carbonyl (C=O) groups excluding carboxylic acids is 1. The third kappa shape index (κ3) is 6.21. The lowest BCUT2D eigenvalue weighted by atomic mass is 9.69. The van der Waals surface area contributed by atoms with E-state index < -0.39 is 33.6 Å². The van der Waals surface area contributed by atoms with Gasteiger partial charge in [-0.2, -0.15) is 4.31 Å². The summed E-state index contributed by atoms with van der Waals surface area (Å²) in [7, 11) is -3.62. The van der Waals surface area contributed by atoms with E-state index in [1.165, 1.54) is 12.8 Å². The maximum atomic E-state index is 14.9. The Morgan fingerprint density at radius 1 is 0.936 bits per heavy atom. The molecule has 1 aromatic carbocycles. The molecule has 1 aromatic rings. The Morgan fingerprint density at radius 3 is 2.00 bits per heavy atom. The number of benzene rings is 1. The van der Waals surface area contributed by atoms with Gasteiger partial charge in [0.25, 0.3) is 0 Å². The number of sulfonamides is 1. The number of ether oxygens (including phenoxy) is 1. The van der Waals surface area contributed by atoms with Crippen molar-refractivity contribution in [1.82, 2.24) is 4.31 Å². The third-order valence-corrected chi connectivity index (χ3v) is 15.3. The summed E-state index contributed by atoms with van der Waals surface area (Å²) in [5.74, 6) is -0.634. The van der Waals surface area contributed by atoms with Gasteiger partial charge < -0.3 is 9.57 Å². The fraction of sp³-hybridized carbons (Fsp3) is 0.795. The van der Waals surface area contributed by atoms with Gasteiger partial charge in [0.15, 0.2) is 6.10 Å². The molecule has 7 nitrogen and oxygen atoms in total. The highest BCUT2D eigenvalue weighted by molar-refractivity contribution is 7.89. The molecule has 5 aliphatic rings. The molecule has 262 valence electrons. The van der Waals surface area contributed by atoms with Crippen LogP contribution in [-0.2, 0) is 24.4 Å². The highest BCUT2D eigenvalue weighted by atomic mass is 32.2. The minimum Gasteiger partial charge on any atom is -0.461 e. The van der Waals surface area contributed by atoms with Gasteiger partial charge in [-0.15, -0.1) is 0 Å². The van der Waals surface area contributed by atoms with Gasteiger partial charge in [-0.25, -0.2) is 8.42 Å². The van der Waals surface area contributed by atoms with E-state index in [1.54, 1.807) is 0 Å². The summed E-state index contributed by atoms with van der Waals surface area (Å²) in [6, 6.07) is 4.44. The molecule has 4 fully saturated rings. The van der Waals surface area contributed by atoms with Gasteiger partial charge in [0, 0.05) is 28.5 Å². The molecule has 0 amide bonds. The molecule has 4 aliphatic carbocycles. The van der Waals surface area contributed by atoms with Gasteiger partial charge in [0.05, 0.1) is 5.75 Å². The lowest BCUT2D eigenvalue weighted by Crippen LogP contribution is -2.55. The molecular weight excluding hydrogens is 609 g/mol. The van der Waals surface area contributed by atoms with E-state index in [1.807, 2.05) is 4.31 Å². The van der Waals surface area contributed by atoms with Gasteiger partial charge in [-0.3, -0.25) is 4.79 Å². The second kappa shape index (κ2) is 12.8. The zero-order valence-electron chi connectivity index (χ0n) is 30.4. The monoisotopic (exact) mass is 668 g/mol. The van der Waals surface area contributed by atoms with Gasteiger partial charge in [-0.05, 0) is 88.2 Å². The molecule has 0 saturated heterocycles. The first-order valence-corrected chi connectivity index (χ1v) is 20.2. The van der Waals surface area contributed by atoms with Crippen LogP contribution in [0.2, 0.25) is 0 Å². The molecule has 0 N–H and O–H groups in total. The quantitative estimate of drug-likeness (QED) is 0.260. The van der Waals surface area contributed by atoms with Gasteiger partial charge in [-0.1, -0.05) is 96.0 Å². The first-order chi connectivity index (χ1) is 22.1. The average Bonchev–Trinajstić information content (AvgIpc) is 3.59. The number of aryl methyl sites for hydroxylation is 3. The van der Waals surface area contributed by atoms with Crippen LogP contribution in [0.3, 0.4) is 0 Å². The Morgan fingerprint density at radius 2 is 1.49 bits per heavy atom. The van der Waals surface area contributed by atoms with Crippen molar-refractivity contribution in [2.45, 2.75) is 163 Å². The van der Waals surface area contributed by atoms with Crippen LogP contribution >= 0.6 is 0 Å². The molecule has 1 aliphatic heterocycles. The minimum atomic E-state index is -3.62. The first-order valence-electron chi connectivity index (χ1n) is 18.6. The molecule has 2 bridgehead atoms. The molecule has 0 unspecified atom stereocenters. The molecular formula is C39H60N2O5S. The maximum absolute atomic E-state index is 14.9. The maximum Gasteiger partial charge on any atom is 0.319 e. The zero-order chi connectivity index (χ0) is 33.9. The van der Waals surface area contributed by atoms with Crippen LogP contribution in [0.15, 0.2) is 17.3 Å². The lowest BCUT2D eigenvalue weighted by molar-refractivity contribution is -0.164. The molecule has 47 heavy (non-hydrogen) atoms. The Bertz CT molecular complexity index is 1440. The predicted octanol–water partition coefficient (Wildman–Crippen LogP) is 8.41. The molecule has 1 heterocycles. The Kier molecular flexibility index (Phi) is 9.47. The lowest BCUT2D eigenvalue weighted by Gasteiger charge is -2.46. The second-order valence-electron chi connectivity index (χ2n) is 17.6. The van der Waals surface area contributed by atoms with Crippen LogP contribution in [0.5, 0.6) is 0 Å². The topological polar surface area (TPSA) is 85.3 Å². The number of esters is 1. The predicted molar refractivity (Wildman–Crippen MR) is 188 cm³/mol. The molecule has 0 aromatic heterocycles. The minimum absolute atomic E-state index is 0.0649. The number of fused-ring (bicyclic) bond motifs is 2. The van der Waals surface area contributed by atoms with E-state index in [4.69, 9.17) is 9.57 Å². The van der Waals surface area contributed by atoms with E-state index in [9.17, 15) is 13.2 Å². The highest BCUT2D eigenvalue weighted by Gasteiger charge is 2.68. The largest absolute Gasteiger partial charge is 0.461 e. The van der Waals surface area contributed by atoms with Crippen LogP contribution in [-0.4, -0.2) is 54.4 Å². The Balaban J connectivity index is 1.33. The van der Waals surface area contributed by atoms with Crippen molar-refractivity contribution in [1.29, 1.82) is 0 Å². The first kappa shape index (κ1) is 34.9. The van der Waals surface area contributed by atoms with Crippen LogP contribution in [0.1, 0.15) is 140 Å². The van der Waals surface area contributed by atoms with Gasteiger partial charge in [0.2, 0.25) is 10.0 Å². The summed E-state index contributed by atoms with van der Waals surface area (Å²) in [5.41, 5.74) is 3.62. The van der Waals surface area contributed by atoms with E-state index >= 15 is 0 Å². The fourth-order valence-electron chi connectivity index (χ4n) is 10.6. The Labute approximate surface area is 284 Å². The standard InChI is InChI=1S/C39H60N2O5S/c1-25-21-26(2)32(27(3)22-25)34-33(35(46-40-34)37(4,5)6)36(42)45-31-23-28-19-20-39(31,38(28,7)8)24-47(43,44)41(29-15-11-9-12-16-29)30-17-13-10-14-18-30/h21-22,28-31,33,35H,9-20,23-24H2,1-8H3/t28-,31-,33-,35-,39-/m0/s1. The molecule has 0 spiro atoms. The molecule has 5 atom stereocenters. The van der Waals surface area contributed by atoms with Crippen molar-refractivity contribution < 1.29 is 22.8 Å². The third-order valence-electron chi connectivity index (χ3n) is 13.1. The average molecular weight is 669 g/mol. The number of oxime groups is 1. The van der Waals surface area contributed by atoms with Crippen molar-refractivity contribution >= 4 is 21.7 Å². The summed E-state index contributed by atoms with van der Waals surface area (Å²) in [4.78, 5) is 20.7. The van der Waals surface area contributed by atoms with Crippen molar-refractivity contribution in [2.24, 2.45) is 33.2 Å².